The molecule has 25 heavy (non-hydrogen) atoms. The Balaban J connectivity index is 1.33. The van der Waals surface area contributed by atoms with Gasteiger partial charge in [0.15, 0.2) is 11.6 Å². The van der Waals surface area contributed by atoms with Crippen LogP contribution in [0.1, 0.15) is 21.3 Å². The van der Waals surface area contributed by atoms with Crippen LogP contribution in [-0.2, 0) is 13.1 Å². The van der Waals surface area contributed by atoms with Gasteiger partial charge in [0.1, 0.15) is 0 Å². The predicted octanol–water partition coefficient (Wildman–Crippen LogP) is 1.33. The van der Waals surface area contributed by atoms with E-state index < -0.39 is 0 Å². The fraction of sp³-hybridized carbons (Fsp3) is 0.375. The summed E-state index contributed by atoms with van der Waals surface area (Å²) >= 11 is 1.70. The van der Waals surface area contributed by atoms with Crippen LogP contribution < -0.4 is 0 Å². The second-order valence-electron chi connectivity index (χ2n) is 5.88. The average molecular weight is 358 g/mol. The van der Waals surface area contributed by atoms with Crippen LogP contribution in [0.2, 0.25) is 0 Å². The van der Waals surface area contributed by atoms with Gasteiger partial charge in [0, 0.05) is 31.1 Å². The predicted molar refractivity (Wildman–Crippen MR) is 91.1 cm³/mol. The van der Waals surface area contributed by atoms with Crippen LogP contribution in [0, 0.1) is 0 Å². The molecule has 130 valence electrons. The number of hydrogen-bond acceptors (Lipinski definition) is 7. The Kier molecular flexibility index (Phi) is 4.57. The summed E-state index contributed by atoms with van der Waals surface area (Å²) in [6, 6.07) is 7.54. The molecule has 4 heterocycles. The van der Waals surface area contributed by atoms with Gasteiger partial charge in [-0.05, 0) is 34.0 Å². The van der Waals surface area contributed by atoms with E-state index in [2.05, 4.69) is 31.9 Å². The van der Waals surface area contributed by atoms with Crippen molar-refractivity contribution in [2.24, 2.45) is 0 Å². The normalized spacial score (nSPS) is 15.6. The first-order valence-electron chi connectivity index (χ1n) is 8.12. The third-order valence-electron chi connectivity index (χ3n) is 4.25. The minimum Gasteiger partial charge on any atom is -0.459 e. The topological polar surface area (TPSA) is 80.3 Å². The second-order valence-corrected chi connectivity index (χ2v) is 6.91. The van der Waals surface area contributed by atoms with E-state index in [9.17, 15) is 4.79 Å². The lowest BCUT2D eigenvalue weighted by Crippen LogP contribution is -2.48. The Hall–Kier alpha value is -2.52. The fourth-order valence-electron chi connectivity index (χ4n) is 2.87. The number of aromatic nitrogens is 4. The highest BCUT2D eigenvalue weighted by molar-refractivity contribution is 7.09. The molecule has 0 atom stereocenters. The van der Waals surface area contributed by atoms with E-state index in [0.717, 1.165) is 18.9 Å². The first-order valence-corrected chi connectivity index (χ1v) is 9.00. The number of piperazine rings is 1. The third-order valence-corrected chi connectivity index (χ3v) is 5.11. The van der Waals surface area contributed by atoms with Crippen LogP contribution in [0.4, 0.5) is 0 Å². The van der Waals surface area contributed by atoms with Gasteiger partial charge in [0.05, 0.1) is 19.4 Å². The molecule has 0 N–H and O–H groups in total. The highest BCUT2D eigenvalue weighted by Gasteiger charge is 2.24. The summed E-state index contributed by atoms with van der Waals surface area (Å²) < 4.78 is 7.03. The molecule has 9 heteroatoms. The van der Waals surface area contributed by atoms with E-state index >= 15 is 0 Å². The molecule has 8 nitrogen and oxygen atoms in total. The summed E-state index contributed by atoms with van der Waals surface area (Å²) in [5.41, 5.74) is 0. The van der Waals surface area contributed by atoms with Crippen LogP contribution >= 0.6 is 11.3 Å². The van der Waals surface area contributed by atoms with Gasteiger partial charge in [-0.1, -0.05) is 6.07 Å². The van der Waals surface area contributed by atoms with Crippen molar-refractivity contribution < 1.29 is 9.21 Å². The Bertz CT molecular complexity index is 806. The van der Waals surface area contributed by atoms with E-state index in [-0.39, 0.29) is 5.91 Å². The maximum atomic E-state index is 12.3. The van der Waals surface area contributed by atoms with Crippen molar-refractivity contribution in [3.63, 3.8) is 0 Å². The summed E-state index contributed by atoms with van der Waals surface area (Å²) in [6.45, 7) is 4.30. The second kappa shape index (κ2) is 7.16. The standard InChI is InChI=1S/C16H18N6O2S/c23-16(14-4-1-9-24-14)21-7-5-20(6-8-21)12-15-17-18-19-22(15)11-13-3-2-10-25-13/h1-4,9-10H,5-8,11-12H2. The van der Waals surface area contributed by atoms with Crippen LogP contribution in [0.25, 0.3) is 0 Å². The molecule has 4 rings (SSSR count). The molecule has 0 unspecified atom stereocenters. The van der Waals surface area contributed by atoms with Crippen molar-refractivity contribution in [1.29, 1.82) is 0 Å². The number of rotatable bonds is 5. The lowest BCUT2D eigenvalue weighted by Gasteiger charge is -2.33. The van der Waals surface area contributed by atoms with Gasteiger partial charge >= 0.3 is 0 Å². The molecule has 1 aliphatic heterocycles. The molecule has 0 radical (unpaired) electrons. The Morgan fingerprint density at radius 2 is 2.04 bits per heavy atom. The van der Waals surface area contributed by atoms with Crippen LogP contribution in [0.5, 0.6) is 0 Å². The molecule has 0 aromatic carbocycles. The van der Waals surface area contributed by atoms with Crippen molar-refractivity contribution in [2.75, 3.05) is 26.2 Å². The SMILES string of the molecule is O=C(c1ccco1)N1CCN(Cc2nnnn2Cc2cccs2)CC1. The van der Waals surface area contributed by atoms with Gasteiger partial charge in [0.2, 0.25) is 0 Å². The fourth-order valence-corrected chi connectivity index (χ4v) is 3.56. The molecule has 1 amide bonds. The van der Waals surface area contributed by atoms with Gasteiger partial charge < -0.3 is 9.32 Å². The van der Waals surface area contributed by atoms with Crippen LogP contribution in [-0.4, -0.2) is 62.1 Å². The average Bonchev–Trinajstić information content (AvgIpc) is 3.39. The molecule has 0 spiro atoms. The van der Waals surface area contributed by atoms with E-state index in [4.69, 9.17) is 4.42 Å². The molecule has 0 saturated carbocycles. The number of nitrogens with zero attached hydrogens (tertiary/aromatic N) is 6. The molecule has 3 aromatic heterocycles. The molecule has 1 saturated heterocycles. The minimum atomic E-state index is -0.0489. The van der Waals surface area contributed by atoms with Gasteiger partial charge in [-0.25, -0.2) is 4.68 Å². The van der Waals surface area contributed by atoms with Crippen LogP contribution in [0.15, 0.2) is 40.3 Å². The monoisotopic (exact) mass is 358 g/mol. The first-order chi connectivity index (χ1) is 12.3. The molecule has 3 aromatic rings. The number of tetrazole rings is 1. The van der Waals surface area contributed by atoms with E-state index in [0.29, 0.717) is 31.9 Å². The minimum absolute atomic E-state index is 0.0489. The van der Waals surface area contributed by atoms with Crippen molar-refractivity contribution in [3.05, 3.63) is 52.4 Å². The van der Waals surface area contributed by atoms with Crippen LogP contribution in [0.3, 0.4) is 0 Å². The van der Waals surface area contributed by atoms with Crippen molar-refractivity contribution in [2.45, 2.75) is 13.1 Å². The summed E-state index contributed by atoms with van der Waals surface area (Å²) in [6.07, 6.45) is 1.52. The number of hydrogen-bond donors (Lipinski definition) is 0. The third kappa shape index (κ3) is 3.62. The largest absolute Gasteiger partial charge is 0.459 e. The number of thiophene rings is 1. The number of amides is 1. The van der Waals surface area contributed by atoms with Crippen molar-refractivity contribution in [3.8, 4) is 0 Å². The van der Waals surface area contributed by atoms with Gasteiger partial charge in [-0.15, -0.1) is 16.4 Å². The lowest BCUT2D eigenvalue weighted by atomic mass is 10.3. The zero-order valence-corrected chi connectivity index (χ0v) is 14.4. The van der Waals surface area contributed by atoms with Crippen molar-refractivity contribution >= 4 is 17.2 Å². The van der Waals surface area contributed by atoms with Gasteiger partial charge in [-0.2, -0.15) is 0 Å². The maximum Gasteiger partial charge on any atom is 0.289 e. The molecular weight excluding hydrogens is 340 g/mol. The number of carbonyl (C=O) groups is 1. The summed E-state index contributed by atoms with van der Waals surface area (Å²) in [7, 11) is 0. The van der Waals surface area contributed by atoms with Gasteiger partial charge in [-0.3, -0.25) is 9.69 Å². The summed E-state index contributed by atoms with van der Waals surface area (Å²) in [5, 5.41) is 14.1. The Morgan fingerprint density at radius 1 is 1.16 bits per heavy atom. The van der Waals surface area contributed by atoms with E-state index in [1.807, 2.05) is 15.6 Å². The zero-order chi connectivity index (χ0) is 17.1. The smallest absolute Gasteiger partial charge is 0.289 e. The molecule has 1 aliphatic rings. The van der Waals surface area contributed by atoms with E-state index in [1.165, 1.54) is 11.1 Å². The van der Waals surface area contributed by atoms with Crippen molar-refractivity contribution in [1.82, 2.24) is 30.0 Å². The van der Waals surface area contributed by atoms with E-state index in [1.54, 1.807) is 23.5 Å². The molecule has 0 aliphatic carbocycles. The molecular formula is C16H18N6O2S. The highest BCUT2D eigenvalue weighted by atomic mass is 32.1. The Morgan fingerprint density at radius 3 is 2.76 bits per heavy atom. The lowest BCUT2D eigenvalue weighted by molar-refractivity contribution is 0.0593. The van der Waals surface area contributed by atoms with Gasteiger partial charge in [0.25, 0.3) is 5.91 Å². The summed E-state index contributed by atoms with van der Waals surface area (Å²) in [4.78, 5) is 17.6. The highest BCUT2D eigenvalue weighted by Crippen LogP contribution is 2.13. The number of furan rings is 1. The first kappa shape index (κ1) is 16.0. The number of carbonyl (C=O) groups excluding carboxylic acids is 1. The zero-order valence-electron chi connectivity index (χ0n) is 13.6. The Labute approximate surface area is 148 Å². The molecule has 0 bridgehead atoms. The molecule has 1 fully saturated rings. The summed E-state index contributed by atoms with van der Waals surface area (Å²) in [5.74, 6) is 1.19. The quantitative estimate of drug-likeness (QED) is 0.685. The maximum absolute atomic E-state index is 12.3.